The number of hydrogen-bond acceptors (Lipinski definition) is 3. The summed E-state index contributed by atoms with van der Waals surface area (Å²) < 4.78 is 26.3. The lowest BCUT2D eigenvalue weighted by molar-refractivity contribution is 0.102. The number of hydrogen-bond donors (Lipinski definition) is 1. The molecule has 1 amide bonds. The minimum absolute atomic E-state index is 0.0673. The second kappa shape index (κ2) is 7.00. The van der Waals surface area contributed by atoms with Gasteiger partial charge in [0.25, 0.3) is 5.91 Å². The topological polar surface area (TPSA) is 66.5 Å². The summed E-state index contributed by atoms with van der Waals surface area (Å²) in [7, 11) is -0.924. The Morgan fingerprint density at radius 1 is 1.17 bits per heavy atom. The molecule has 0 saturated carbocycles. The fourth-order valence-corrected chi connectivity index (χ4v) is 3.60. The molecule has 1 N–H and O–H groups in total. The molecule has 2 rings (SSSR count). The van der Waals surface area contributed by atoms with Crippen molar-refractivity contribution in [3.63, 3.8) is 0 Å². The van der Waals surface area contributed by atoms with Gasteiger partial charge in [-0.1, -0.05) is 33.6 Å². The van der Waals surface area contributed by atoms with Crippen LogP contribution < -0.4 is 5.32 Å². The van der Waals surface area contributed by atoms with E-state index in [0.717, 1.165) is 8.78 Å². The first-order valence-electron chi connectivity index (χ1n) is 6.51. The Labute approximate surface area is 148 Å². The molecule has 0 bridgehead atoms. The minimum atomic E-state index is -3.73. The molecule has 0 aliphatic rings. The highest BCUT2D eigenvalue weighted by Crippen LogP contribution is 2.25. The van der Waals surface area contributed by atoms with E-state index in [0.29, 0.717) is 5.69 Å². The molecule has 0 unspecified atom stereocenters. The number of nitrogens with one attached hydrogen (secondary N) is 1. The zero-order valence-electron chi connectivity index (χ0n) is 12.4. The molecule has 8 heteroatoms. The summed E-state index contributed by atoms with van der Waals surface area (Å²) >= 11 is 9.28. The number of anilines is 1. The first-order chi connectivity index (χ1) is 10.7. The standard InChI is InChI=1S/C15H14BrClN2O3S/c1-19(2)23(21,22)14-8-10(6-7-13(14)17)15(20)18-12-5-3-4-11(16)9-12/h3-9H,1-2H3,(H,18,20). The Bertz CT molecular complexity index is 854. The van der Waals surface area contributed by atoms with Gasteiger partial charge in [-0.05, 0) is 36.4 Å². The number of halogens is 2. The number of carbonyl (C=O) groups is 1. The van der Waals surface area contributed by atoms with Gasteiger partial charge in [-0.3, -0.25) is 4.79 Å². The normalized spacial score (nSPS) is 11.5. The van der Waals surface area contributed by atoms with E-state index in [1.54, 1.807) is 18.2 Å². The van der Waals surface area contributed by atoms with Crippen molar-refractivity contribution >= 4 is 49.1 Å². The van der Waals surface area contributed by atoms with Gasteiger partial charge in [0.1, 0.15) is 4.90 Å². The smallest absolute Gasteiger partial charge is 0.255 e. The average Bonchev–Trinajstić information content (AvgIpc) is 2.47. The van der Waals surface area contributed by atoms with Crippen LogP contribution in [0.25, 0.3) is 0 Å². The second-order valence-electron chi connectivity index (χ2n) is 4.90. The highest BCUT2D eigenvalue weighted by atomic mass is 79.9. The maximum Gasteiger partial charge on any atom is 0.255 e. The Kier molecular flexibility index (Phi) is 5.46. The van der Waals surface area contributed by atoms with Crippen LogP contribution in [0.3, 0.4) is 0 Å². The van der Waals surface area contributed by atoms with Gasteiger partial charge in [-0.2, -0.15) is 0 Å². The van der Waals surface area contributed by atoms with Crippen LogP contribution in [0.2, 0.25) is 5.02 Å². The molecular weight excluding hydrogens is 404 g/mol. The maximum atomic E-state index is 12.3. The number of sulfonamides is 1. The van der Waals surface area contributed by atoms with Crippen molar-refractivity contribution in [3.05, 3.63) is 57.5 Å². The molecule has 0 saturated heterocycles. The molecule has 0 heterocycles. The van der Waals surface area contributed by atoms with Gasteiger partial charge in [0.05, 0.1) is 5.02 Å². The molecule has 2 aromatic rings. The fraction of sp³-hybridized carbons (Fsp3) is 0.133. The van der Waals surface area contributed by atoms with Gasteiger partial charge in [-0.15, -0.1) is 0 Å². The Morgan fingerprint density at radius 3 is 2.48 bits per heavy atom. The molecule has 23 heavy (non-hydrogen) atoms. The van der Waals surface area contributed by atoms with Gasteiger partial charge < -0.3 is 5.32 Å². The van der Waals surface area contributed by atoms with E-state index in [9.17, 15) is 13.2 Å². The van der Waals surface area contributed by atoms with Gasteiger partial charge in [0.2, 0.25) is 10.0 Å². The number of amides is 1. The Balaban J connectivity index is 2.36. The summed E-state index contributed by atoms with van der Waals surface area (Å²) in [5.41, 5.74) is 0.797. The predicted molar refractivity (Wildman–Crippen MR) is 94.4 cm³/mol. The van der Waals surface area contributed by atoms with Crippen molar-refractivity contribution in [1.82, 2.24) is 4.31 Å². The highest BCUT2D eigenvalue weighted by Gasteiger charge is 2.22. The van der Waals surface area contributed by atoms with Crippen molar-refractivity contribution in [3.8, 4) is 0 Å². The number of nitrogens with zero attached hydrogens (tertiary/aromatic N) is 1. The Morgan fingerprint density at radius 2 is 1.87 bits per heavy atom. The molecule has 0 atom stereocenters. The largest absolute Gasteiger partial charge is 0.322 e. The van der Waals surface area contributed by atoms with Crippen molar-refractivity contribution in [2.24, 2.45) is 0 Å². The molecule has 5 nitrogen and oxygen atoms in total. The van der Waals surface area contributed by atoms with Gasteiger partial charge >= 0.3 is 0 Å². The fourth-order valence-electron chi connectivity index (χ4n) is 1.81. The van der Waals surface area contributed by atoms with E-state index < -0.39 is 15.9 Å². The van der Waals surface area contributed by atoms with E-state index in [1.165, 1.54) is 32.3 Å². The molecule has 122 valence electrons. The summed E-state index contributed by atoms with van der Waals surface area (Å²) in [5.74, 6) is -0.421. The molecule has 0 aliphatic heterocycles. The first-order valence-corrected chi connectivity index (χ1v) is 9.12. The lowest BCUT2D eigenvalue weighted by Crippen LogP contribution is -2.23. The van der Waals surface area contributed by atoms with Crippen LogP contribution in [0, 0.1) is 0 Å². The van der Waals surface area contributed by atoms with Crippen molar-refractivity contribution in [2.75, 3.05) is 19.4 Å². The summed E-state index contributed by atoms with van der Waals surface area (Å²) in [4.78, 5) is 12.2. The molecule has 0 spiro atoms. The molecular formula is C15H14BrClN2O3S. The second-order valence-corrected chi connectivity index (χ2v) is 8.34. The van der Waals surface area contributed by atoms with E-state index >= 15 is 0 Å². The van der Waals surface area contributed by atoms with Gasteiger partial charge in [0.15, 0.2) is 0 Å². The van der Waals surface area contributed by atoms with E-state index in [1.807, 2.05) is 6.07 Å². The molecule has 0 aliphatic carbocycles. The zero-order chi connectivity index (χ0) is 17.2. The highest BCUT2D eigenvalue weighted by molar-refractivity contribution is 9.10. The van der Waals surface area contributed by atoms with Crippen LogP contribution in [0.5, 0.6) is 0 Å². The van der Waals surface area contributed by atoms with Crippen LogP contribution >= 0.6 is 27.5 Å². The number of carbonyl (C=O) groups excluding carboxylic acids is 1. The minimum Gasteiger partial charge on any atom is -0.322 e. The quantitative estimate of drug-likeness (QED) is 0.826. The van der Waals surface area contributed by atoms with Gasteiger partial charge in [0, 0.05) is 29.8 Å². The summed E-state index contributed by atoms with van der Waals surface area (Å²) in [6.45, 7) is 0. The molecule has 2 aromatic carbocycles. The van der Waals surface area contributed by atoms with Crippen LogP contribution in [0.15, 0.2) is 51.8 Å². The van der Waals surface area contributed by atoms with E-state index in [-0.39, 0.29) is 15.5 Å². The third-order valence-electron chi connectivity index (χ3n) is 3.03. The maximum absolute atomic E-state index is 12.3. The Hall–Kier alpha value is -1.41. The molecule has 0 fully saturated rings. The van der Waals surface area contributed by atoms with Crippen LogP contribution in [0.4, 0.5) is 5.69 Å². The first kappa shape index (κ1) is 17.9. The van der Waals surface area contributed by atoms with Gasteiger partial charge in [-0.25, -0.2) is 12.7 Å². The summed E-state index contributed by atoms with van der Waals surface area (Å²) in [6, 6.07) is 11.2. The third-order valence-corrected chi connectivity index (χ3v) is 5.82. The monoisotopic (exact) mass is 416 g/mol. The van der Waals surface area contributed by atoms with Crippen molar-refractivity contribution < 1.29 is 13.2 Å². The zero-order valence-corrected chi connectivity index (χ0v) is 15.5. The number of benzene rings is 2. The third kappa shape index (κ3) is 4.11. The summed E-state index contributed by atoms with van der Waals surface area (Å²) in [5, 5.41) is 2.77. The van der Waals surface area contributed by atoms with Crippen LogP contribution in [-0.4, -0.2) is 32.7 Å². The van der Waals surface area contributed by atoms with Crippen molar-refractivity contribution in [2.45, 2.75) is 4.90 Å². The number of rotatable bonds is 4. The van der Waals surface area contributed by atoms with E-state index in [4.69, 9.17) is 11.6 Å². The van der Waals surface area contributed by atoms with Crippen LogP contribution in [-0.2, 0) is 10.0 Å². The SMILES string of the molecule is CN(C)S(=O)(=O)c1cc(C(=O)Nc2cccc(Br)c2)ccc1Cl. The lowest BCUT2D eigenvalue weighted by Gasteiger charge is -2.14. The average molecular weight is 418 g/mol. The van der Waals surface area contributed by atoms with E-state index in [2.05, 4.69) is 21.2 Å². The molecule has 0 radical (unpaired) electrons. The molecule has 0 aromatic heterocycles. The predicted octanol–water partition coefficient (Wildman–Crippen LogP) is 3.61. The summed E-state index contributed by atoms with van der Waals surface area (Å²) in [6.07, 6.45) is 0. The van der Waals surface area contributed by atoms with Crippen molar-refractivity contribution in [1.29, 1.82) is 0 Å². The van der Waals surface area contributed by atoms with Crippen LogP contribution in [0.1, 0.15) is 10.4 Å². The lowest BCUT2D eigenvalue weighted by atomic mass is 10.2.